The van der Waals surface area contributed by atoms with E-state index < -0.39 is 0 Å². The van der Waals surface area contributed by atoms with Crippen LogP contribution in [0.15, 0.2) is 20.4 Å². The van der Waals surface area contributed by atoms with Crippen LogP contribution in [0.3, 0.4) is 0 Å². The second-order valence-corrected chi connectivity index (χ2v) is 8.73. The molecule has 25 heavy (non-hydrogen) atoms. The van der Waals surface area contributed by atoms with Crippen LogP contribution < -0.4 is 0 Å². The van der Waals surface area contributed by atoms with Crippen LogP contribution in [0, 0.1) is 0 Å². The SMILES string of the molecule is CN(C)N=CC=N[N]([Co][N](N=CC=NN(C)C)C(C)(C)C)C(C)(C)C. The zero-order chi connectivity index (χ0) is 19.7. The fourth-order valence-electron chi connectivity index (χ4n) is 1.14. The molecule has 0 saturated carbocycles. The summed E-state index contributed by atoms with van der Waals surface area (Å²) in [6.45, 7) is 12.7. The van der Waals surface area contributed by atoms with Crippen LogP contribution in [0.4, 0.5) is 0 Å². The van der Waals surface area contributed by atoms with Crippen molar-refractivity contribution in [1.29, 1.82) is 0 Å². The second-order valence-electron chi connectivity index (χ2n) is 7.64. The molecule has 0 aliphatic heterocycles. The van der Waals surface area contributed by atoms with Crippen LogP contribution in [0.1, 0.15) is 41.5 Å². The quantitative estimate of drug-likeness (QED) is 0.465. The molecule has 0 aromatic heterocycles. The summed E-state index contributed by atoms with van der Waals surface area (Å²) in [5, 5.41) is 20.8. The van der Waals surface area contributed by atoms with E-state index >= 15 is 0 Å². The molecule has 0 aromatic carbocycles. The second kappa shape index (κ2) is 10.4. The Labute approximate surface area is 159 Å². The molecule has 0 N–H and O–H groups in total. The van der Waals surface area contributed by atoms with E-state index in [1.165, 1.54) is 0 Å². The summed E-state index contributed by atoms with van der Waals surface area (Å²) in [7, 11) is 7.48. The molecule has 147 valence electrons. The van der Waals surface area contributed by atoms with E-state index in [1.54, 1.807) is 34.9 Å². The van der Waals surface area contributed by atoms with Gasteiger partial charge in [0.1, 0.15) is 0 Å². The molecule has 8 nitrogen and oxygen atoms in total. The van der Waals surface area contributed by atoms with Gasteiger partial charge in [-0.1, -0.05) is 0 Å². The molecule has 9 heteroatoms. The summed E-state index contributed by atoms with van der Waals surface area (Å²) in [4.78, 5) is 0. The molecule has 0 heterocycles. The molecule has 0 radical (unpaired) electrons. The molecule has 0 spiro atoms. The Morgan fingerprint density at radius 1 is 0.560 bits per heavy atom. The molecule has 0 aliphatic carbocycles. The van der Waals surface area contributed by atoms with Gasteiger partial charge in [0, 0.05) is 0 Å². The van der Waals surface area contributed by atoms with Gasteiger partial charge in [-0.05, 0) is 0 Å². The molecule has 0 aliphatic rings. The first-order valence-corrected chi connectivity index (χ1v) is 8.96. The van der Waals surface area contributed by atoms with Gasteiger partial charge in [0.25, 0.3) is 0 Å². The van der Waals surface area contributed by atoms with Gasteiger partial charge in [0.15, 0.2) is 0 Å². The number of hydrogen-bond donors (Lipinski definition) is 0. The Morgan fingerprint density at radius 2 is 0.840 bits per heavy atom. The van der Waals surface area contributed by atoms with Crippen molar-refractivity contribution in [2.45, 2.75) is 52.6 Å². The van der Waals surface area contributed by atoms with Crippen molar-refractivity contribution in [1.82, 2.24) is 18.1 Å². The van der Waals surface area contributed by atoms with E-state index in [2.05, 4.69) is 61.9 Å². The Kier molecular flexibility index (Phi) is 9.72. The molecule has 0 unspecified atom stereocenters. The molecule has 0 amide bonds. The zero-order valence-electron chi connectivity index (χ0n) is 17.2. The average Bonchev–Trinajstić information content (AvgIpc) is 2.41. The first-order valence-electron chi connectivity index (χ1n) is 8.03. The van der Waals surface area contributed by atoms with Crippen molar-refractivity contribution in [3.8, 4) is 0 Å². The van der Waals surface area contributed by atoms with E-state index in [1.807, 2.05) is 36.3 Å². The third-order valence-corrected chi connectivity index (χ3v) is 4.26. The van der Waals surface area contributed by atoms with Crippen molar-refractivity contribution in [2.75, 3.05) is 28.2 Å². The van der Waals surface area contributed by atoms with Crippen LogP contribution in [0.2, 0.25) is 0 Å². The first-order chi connectivity index (χ1) is 11.3. The molecule has 0 saturated heterocycles. The molecular weight excluding hydrogens is 363 g/mol. The monoisotopic (exact) mass is 397 g/mol. The normalized spacial score (nSPS) is 13.7. The standard InChI is InChI=1S/2C8H17N4.Co/c2*1-8(2,3)11-9-6-7-10-12(4)5;/h2*6-7H,1-5H3;/q2*-1;+2. The molecule has 0 rings (SSSR count). The summed E-state index contributed by atoms with van der Waals surface area (Å²) in [6.07, 6.45) is 6.72. The van der Waals surface area contributed by atoms with E-state index in [0.29, 0.717) is 0 Å². The molecule has 0 atom stereocenters. The number of hydrazone groups is 4. The van der Waals surface area contributed by atoms with Crippen molar-refractivity contribution < 1.29 is 15.1 Å². The Hall–Kier alpha value is -1.61. The summed E-state index contributed by atoms with van der Waals surface area (Å²) < 4.78 is 3.91. The van der Waals surface area contributed by atoms with Crippen LogP contribution in [-0.2, 0) is 15.1 Å². The molecule has 0 fully saturated rings. The van der Waals surface area contributed by atoms with E-state index in [0.717, 1.165) is 15.1 Å². The van der Waals surface area contributed by atoms with Crippen LogP contribution in [0.5, 0.6) is 0 Å². The van der Waals surface area contributed by atoms with E-state index in [-0.39, 0.29) is 11.1 Å². The van der Waals surface area contributed by atoms with Gasteiger partial charge >= 0.3 is 159 Å². The Morgan fingerprint density at radius 3 is 1.08 bits per heavy atom. The Balaban J connectivity index is 5.27. The molecule has 0 aromatic rings. The van der Waals surface area contributed by atoms with Gasteiger partial charge in [-0.3, -0.25) is 0 Å². The van der Waals surface area contributed by atoms with Gasteiger partial charge in [-0.25, -0.2) is 0 Å². The van der Waals surface area contributed by atoms with Crippen molar-refractivity contribution in [2.24, 2.45) is 20.4 Å². The van der Waals surface area contributed by atoms with Gasteiger partial charge in [0.2, 0.25) is 0 Å². The third kappa shape index (κ3) is 11.5. The van der Waals surface area contributed by atoms with Crippen molar-refractivity contribution in [3.05, 3.63) is 0 Å². The minimum atomic E-state index is -0.167. The summed E-state index contributed by atoms with van der Waals surface area (Å²) >= 11 is 0.883. The van der Waals surface area contributed by atoms with Gasteiger partial charge in [0.05, 0.1) is 0 Å². The van der Waals surface area contributed by atoms with E-state index in [4.69, 9.17) is 0 Å². The molecule has 0 bridgehead atoms. The van der Waals surface area contributed by atoms with Crippen molar-refractivity contribution in [3.63, 3.8) is 0 Å². The topological polar surface area (TPSA) is 62.4 Å². The van der Waals surface area contributed by atoms with Gasteiger partial charge in [-0.15, -0.1) is 0 Å². The maximum absolute atomic E-state index is 4.54. The summed E-state index contributed by atoms with van der Waals surface area (Å²) in [5.74, 6) is 0. The summed E-state index contributed by atoms with van der Waals surface area (Å²) in [6, 6.07) is 0. The fourth-order valence-corrected chi connectivity index (χ4v) is 2.20. The third-order valence-electron chi connectivity index (χ3n) is 2.23. The van der Waals surface area contributed by atoms with E-state index in [9.17, 15) is 0 Å². The number of nitrogens with zero attached hydrogens (tertiary/aromatic N) is 8. The zero-order valence-corrected chi connectivity index (χ0v) is 18.3. The molecular formula is C16H34CoN8. The minimum absolute atomic E-state index is 0.167. The number of hydrogen-bond acceptors (Lipinski definition) is 8. The van der Waals surface area contributed by atoms with Gasteiger partial charge in [-0.2, -0.15) is 0 Å². The fraction of sp³-hybridized carbons (Fsp3) is 0.750. The predicted octanol–water partition coefficient (Wildman–Crippen LogP) is 2.17. The van der Waals surface area contributed by atoms with Crippen LogP contribution >= 0.6 is 0 Å². The van der Waals surface area contributed by atoms with Gasteiger partial charge < -0.3 is 0 Å². The average molecular weight is 397 g/mol. The number of rotatable bonds is 8. The maximum atomic E-state index is 4.54. The first kappa shape index (κ1) is 23.4. The van der Waals surface area contributed by atoms with Crippen LogP contribution in [0.25, 0.3) is 0 Å². The predicted molar refractivity (Wildman–Crippen MR) is 105 cm³/mol. The van der Waals surface area contributed by atoms with Crippen molar-refractivity contribution >= 4 is 24.9 Å². The Bertz CT molecular complexity index is 439. The summed E-state index contributed by atoms with van der Waals surface area (Å²) in [5.41, 5.74) is -0.335. The van der Waals surface area contributed by atoms with Crippen LogP contribution in [-0.4, -0.2) is 82.3 Å².